The largest absolute Gasteiger partial charge is 0.378 e. The van der Waals surface area contributed by atoms with Crippen molar-refractivity contribution in [1.82, 2.24) is 10.3 Å². The van der Waals surface area contributed by atoms with Crippen LogP contribution in [0.4, 0.5) is 0 Å². The number of nitrogens with zero attached hydrogens (tertiary/aromatic N) is 1. The summed E-state index contributed by atoms with van der Waals surface area (Å²) in [6.45, 7) is 4.51. The zero-order valence-corrected chi connectivity index (χ0v) is 12.4. The second kappa shape index (κ2) is 6.63. The maximum atomic E-state index is 11.9. The molecule has 4 nitrogen and oxygen atoms in total. The second-order valence-electron chi connectivity index (χ2n) is 4.86. The van der Waals surface area contributed by atoms with Gasteiger partial charge in [0.25, 0.3) is 5.91 Å². The molecule has 1 aromatic carbocycles. The predicted octanol–water partition coefficient (Wildman–Crippen LogP) is 2.62. The van der Waals surface area contributed by atoms with Gasteiger partial charge in [0.1, 0.15) is 0 Å². The van der Waals surface area contributed by atoms with Gasteiger partial charge in [-0.2, -0.15) is 0 Å². The van der Waals surface area contributed by atoms with E-state index in [1.54, 1.807) is 35.6 Å². The molecule has 0 fully saturated rings. The molecule has 2 aromatic rings. The molecule has 0 aliphatic heterocycles. The van der Waals surface area contributed by atoms with Crippen LogP contribution >= 0.6 is 11.3 Å². The van der Waals surface area contributed by atoms with Crippen LogP contribution in [-0.2, 0) is 11.3 Å². The zero-order valence-electron chi connectivity index (χ0n) is 11.5. The van der Waals surface area contributed by atoms with Gasteiger partial charge in [0, 0.05) is 11.3 Å². The molecule has 1 amide bonds. The van der Waals surface area contributed by atoms with Crippen molar-refractivity contribution < 1.29 is 9.90 Å². The molecular formula is C15H18N2O2S. The Balaban J connectivity index is 1.91. The van der Waals surface area contributed by atoms with Crippen molar-refractivity contribution in [1.29, 1.82) is 0 Å². The molecule has 0 spiro atoms. The highest BCUT2D eigenvalue weighted by atomic mass is 32.1. The summed E-state index contributed by atoms with van der Waals surface area (Å²) in [5, 5.41) is 15.6. The fraction of sp³-hybridized carbons (Fsp3) is 0.333. The molecule has 5 heteroatoms. The van der Waals surface area contributed by atoms with Gasteiger partial charge in [-0.3, -0.25) is 4.79 Å². The zero-order chi connectivity index (χ0) is 14.5. The van der Waals surface area contributed by atoms with Crippen molar-refractivity contribution in [3.63, 3.8) is 0 Å². The standard InChI is InChI=1S/C15H18N2O2S/c1-10(2)15-17-12(9-20-15)8-16-14(19)13(18)11-6-4-3-5-7-11/h3-7,9-10,13,18H,8H2,1-2H3,(H,16,19). The van der Waals surface area contributed by atoms with E-state index in [0.29, 0.717) is 18.0 Å². The van der Waals surface area contributed by atoms with Crippen LogP contribution in [0, 0.1) is 0 Å². The van der Waals surface area contributed by atoms with Crippen LogP contribution in [0.2, 0.25) is 0 Å². The van der Waals surface area contributed by atoms with Gasteiger partial charge in [-0.25, -0.2) is 4.98 Å². The summed E-state index contributed by atoms with van der Waals surface area (Å²) in [5.41, 5.74) is 1.42. The van der Waals surface area contributed by atoms with Gasteiger partial charge in [0.05, 0.1) is 17.2 Å². The maximum absolute atomic E-state index is 11.9. The van der Waals surface area contributed by atoms with Gasteiger partial charge in [-0.05, 0) is 5.56 Å². The number of hydrogen-bond acceptors (Lipinski definition) is 4. The molecule has 2 N–H and O–H groups in total. The molecule has 1 heterocycles. The number of hydrogen-bond donors (Lipinski definition) is 2. The van der Waals surface area contributed by atoms with Gasteiger partial charge in [0.2, 0.25) is 0 Å². The summed E-state index contributed by atoms with van der Waals surface area (Å²) < 4.78 is 0. The van der Waals surface area contributed by atoms with Crippen LogP contribution in [0.15, 0.2) is 35.7 Å². The van der Waals surface area contributed by atoms with Crippen LogP contribution in [0.1, 0.15) is 42.1 Å². The lowest BCUT2D eigenvalue weighted by molar-refractivity contribution is -0.129. The lowest BCUT2D eigenvalue weighted by Gasteiger charge is -2.10. The van der Waals surface area contributed by atoms with E-state index in [-0.39, 0.29) is 0 Å². The summed E-state index contributed by atoms with van der Waals surface area (Å²) in [6, 6.07) is 8.88. The van der Waals surface area contributed by atoms with Gasteiger partial charge in [-0.15, -0.1) is 11.3 Å². The molecule has 106 valence electrons. The second-order valence-corrected chi connectivity index (χ2v) is 5.75. The fourth-order valence-electron chi connectivity index (χ4n) is 1.73. The Labute approximate surface area is 122 Å². The summed E-state index contributed by atoms with van der Waals surface area (Å²) in [4.78, 5) is 16.3. The molecule has 20 heavy (non-hydrogen) atoms. The Morgan fingerprint density at radius 1 is 1.35 bits per heavy atom. The number of nitrogens with one attached hydrogen (secondary N) is 1. The van der Waals surface area contributed by atoms with Crippen LogP contribution in [0.25, 0.3) is 0 Å². The predicted molar refractivity (Wildman–Crippen MR) is 79.5 cm³/mol. The maximum Gasteiger partial charge on any atom is 0.253 e. The number of aromatic nitrogens is 1. The van der Waals surface area contributed by atoms with Crippen molar-refractivity contribution in [3.8, 4) is 0 Å². The van der Waals surface area contributed by atoms with Crippen molar-refractivity contribution in [3.05, 3.63) is 52.0 Å². The van der Waals surface area contributed by atoms with E-state index >= 15 is 0 Å². The van der Waals surface area contributed by atoms with E-state index in [4.69, 9.17) is 0 Å². The quantitative estimate of drug-likeness (QED) is 0.890. The first-order chi connectivity index (χ1) is 9.58. The lowest BCUT2D eigenvalue weighted by Crippen LogP contribution is -2.28. The van der Waals surface area contributed by atoms with Gasteiger partial charge >= 0.3 is 0 Å². The van der Waals surface area contributed by atoms with E-state index < -0.39 is 12.0 Å². The van der Waals surface area contributed by atoms with E-state index in [2.05, 4.69) is 24.1 Å². The molecule has 0 bridgehead atoms. The minimum absolute atomic E-state index is 0.339. The Bertz CT molecular complexity index is 566. The van der Waals surface area contributed by atoms with Gasteiger partial charge < -0.3 is 10.4 Å². The van der Waals surface area contributed by atoms with Crippen LogP contribution in [0.5, 0.6) is 0 Å². The average molecular weight is 290 g/mol. The van der Waals surface area contributed by atoms with E-state index in [0.717, 1.165) is 10.7 Å². The summed E-state index contributed by atoms with van der Waals surface area (Å²) >= 11 is 1.59. The number of rotatable bonds is 5. The summed E-state index contributed by atoms with van der Waals surface area (Å²) in [5.74, 6) is -0.0188. The normalized spacial score (nSPS) is 12.4. The van der Waals surface area contributed by atoms with Crippen molar-refractivity contribution in [2.75, 3.05) is 0 Å². The number of carbonyl (C=O) groups excluding carboxylic acids is 1. The lowest BCUT2D eigenvalue weighted by atomic mass is 10.1. The molecule has 1 atom stereocenters. The Morgan fingerprint density at radius 3 is 2.65 bits per heavy atom. The molecule has 2 rings (SSSR count). The Morgan fingerprint density at radius 2 is 2.05 bits per heavy atom. The van der Waals surface area contributed by atoms with Crippen molar-refractivity contribution in [2.45, 2.75) is 32.4 Å². The minimum Gasteiger partial charge on any atom is -0.378 e. The number of amides is 1. The first kappa shape index (κ1) is 14.7. The fourth-order valence-corrected chi connectivity index (χ4v) is 2.57. The first-order valence-electron chi connectivity index (χ1n) is 6.53. The number of benzene rings is 1. The number of thiazole rings is 1. The number of carbonyl (C=O) groups is 1. The van der Waals surface area contributed by atoms with E-state index in [1.807, 2.05) is 11.4 Å². The van der Waals surface area contributed by atoms with E-state index in [1.165, 1.54) is 0 Å². The monoisotopic (exact) mass is 290 g/mol. The number of aliphatic hydroxyl groups is 1. The van der Waals surface area contributed by atoms with Crippen LogP contribution in [0.3, 0.4) is 0 Å². The van der Waals surface area contributed by atoms with Crippen molar-refractivity contribution in [2.24, 2.45) is 0 Å². The highest BCUT2D eigenvalue weighted by Crippen LogP contribution is 2.19. The van der Waals surface area contributed by atoms with Gasteiger partial charge in [-0.1, -0.05) is 44.2 Å². The Hall–Kier alpha value is -1.72. The van der Waals surface area contributed by atoms with Crippen LogP contribution < -0.4 is 5.32 Å². The Kier molecular flexibility index (Phi) is 4.87. The third-order valence-electron chi connectivity index (χ3n) is 2.87. The summed E-state index contributed by atoms with van der Waals surface area (Å²) in [7, 11) is 0. The highest BCUT2D eigenvalue weighted by molar-refractivity contribution is 7.09. The van der Waals surface area contributed by atoms with Crippen molar-refractivity contribution >= 4 is 17.2 Å². The molecule has 0 saturated carbocycles. The number of aliphatic hydroxyl groups excluding tert-OH is 1. The average Bonchev–Trinajstić information content (AvgIpc) is 2.94. The SMILES string of the molecule is CC(C)c1nc(CNC(=O)C(O)c2ccccc2)cs1. The first-order valence-corrected chi connectivity index (χ1v) is 7.41. The molecule has 0 aliphatic rings. The molecule has 1 unspecified atom stereocenters. The molecule has 0 aliphatic carbocycles. The topological polar surface area (TPSA) is 62.2 Å². The third kappa shape index (κ3) is 3.65. The molecule has 0 radical (unpaired) electrons. The molecule has 0 saturated heterocycles. The highest BCUT2D eigenvalue weighted by Gasteiger charge is 2.17. The smallest absolute Gasteiger partial charge is 0.253 e. The molecular weight excluding hydrogens is 272 g/mol. The minimum atomic E-state index is -1.14. The van der Waals surface area contributed by atoms with E-state index in [9.17, 15) is 9.90 Å². The van der Waals surface area contributed by atoms with Crippen LogP contribution in [-0.4, -0.2) is 16.0 Å². The third-order valence-corrected chi connectivity index (χ3v) is 4.06. The summed E-state index contributed by atoms with van der Waals surface area (Å²) in [6.07, 6.45) is -1.14. The molecule has 1 aromatic heterocycles. The van der Waals surface area contributed by atoms with Gasteiger partial charge in [0.15, 0.2) is 6.10 Å².